The van der Waals surface area contributed by atoms with Gasteiger partial charge in [-0.25, -0.2) is 9.97 Å². The van der Waals surface area contributed by atoms with Gasteiger partial charge in [0.25, 0.3) is 0 Å². The van der Waals surface area contributed by atoms with Crippen LogP contribution in [0.4, 0.5) is 13.2 Å². The van der Waals surface area contributed by atoms with Crippen LogP contribution in [0.1, 0.15) is 17.1 Å². The molecule has 2 aromatic heterocycles. The number of nitrogens with zero attached hydrogens (tertiary/aromatic N) is 4. The Kier molecular flexibility index (Phi) is 3.54. The Morgan fingerprint density at radius 2 is 2.14 bits per heavy atom. The van der Waals surface area contributed by atoms with Gasteiger partial charge in [0.1, 0.15) is 11.6 Å². The molecule has 0 spiro atoms. The van der Waals surface area contributed by atoms with Crippen molar-refractivity contribution in [2.45, 2.75) is 12.7 Å². The molecule has 0 saturated heterocycles. The highest BCUT2D eigenvalue weighted by atomic mass is 35.5. The van der Waals surface area contributed by atoms with Crippen molar-refractivity contribution in [2.75, 3.05) is 0 Å². The van der Waals surface area contributed by atoms with Gasteiger partial charge in [-0.3, -0.25) is 0 Å². The zero-order valence-corrected chi connectivity index (χ0v) is 12.3. The molecule has 1 aromatic carbocycles. The van der Waals surface area contributed by atoms with Gasteiger partial charge >= 0.3 is 6.18 Å². The SMILES string of the molecule is N#Cc1ccc2c(nc(C(F)(F)F)n2Cc2cscn2)c1Cl. The second-order valence-electron chi connectivity index (χ2n) is 4.41. The van der Waals surface area contributed by atoms with E-state index in [4.69, 9.17) is 16.9 Å². The summed E-state index contributed by atoms with van der Waals surface area (Å²) in [5.41, 5.74) is 2.30. The van der Waals surface area contributed by atoms with Crippen LogP contribution in [0.5, 0.6) is 0 Å². The van der Waals surface area contributed by atoms with Crippen molar-refractivity contribution in [1.82, 2.24) is 14.5 Å². The van der Waals surface area contributed by atoms with E-state index in [1.807, 2.05) is 6.07 Å². The first-order chi connectivity index (χ1) is 10.4. The van der Waals surface area contributed by atoms with Crippen LogP contribution in [-0.4, -0.2) is 14.5 Å². The average Bonchev–Trinajstić information content (AvgIpc) is 3.08. The van der Waals surface area contributed by atoms with E-state index in [0.717, 1.165) is 4.57 Å². The summed E-state index contributed by atoms with van der Waals surface area (Å²) in [6, 6.07) is 4.62. The lowest BCUT2D eigenvalue weighted by Gasteiger charge is -2.10. The number of benzene rings is 1. The average molecular weight is 343 g/mol. The first kappa shape index (κ1) is 14.8. The van der Waals surface area contributed by atoms with Crippen molar-refractivity contribution in [3.05, 3.63) is 45.1 Å². The molecule has 0 aliphatic heterocycles. The maximum atomic E-state index is 13.2. The molecular weight excluding hydrogens is 337 g/mol. The van der Waals surface area contributed by atoms with Crippen molar-refractivity contribution < 1.29 is 13.2 Å². The second kappa shape index (κ2) is 5.26. The minimum Gasteiger partial charge on any atom is -0.314 e. The lowest BCUT2D eigenvalue weighted by Crippen LogP contribution is -2.15. The highest BCUT2D eigenvalue weighted by molar-refractivity contribution is 7.07. The van der Waals surface area contributed by atoms with Crippen molar-refractivity contribution in [2.24, 2.45) is 0 Å². The van der Waals surface area contributed by atoms with Crippen molar-refractivity contribution >= 4 is 34.0 Å². The minimum atomic E-state index is -4.63. The smallest absolute Gasteiger partial charge is 0.314 e. The minimum absolute atomic E-state index is 0.0386. The Labute approximate surface area is 131 Å². The van der Waals surface area contributed by atoms with Gasteiger partial charge in [0.2, 0.25) is 5.82 Å². The first-order valence-corrected chi connectivity index (χ1v) is 7.27. The van der Waals surface area contributed by atoms with Gasteiger partial charge in [0.05, 0.1) is 33.9 Å². The molecule has 0 unspecified atom stereocenters. The van der Waals surface area contributed by atoms with Gasteiger partial charge in [0.15, 0.2) is 0 Å². The highest BCUT2D eigenvalue weighted by Gasteiger charge is 2.38. The molecule has 3 rings (SSSR count). The van der Waals surface area contributed by atoms with E-state index in [-0.39, 0.29) is 28.2 Å². The summed E-state index contributed by atoms with van der Waals surface area (Å²) < 4.78 is 40.7. The largest absolute Gasteiger partial charge is 0.449 e. The summed E-state index contributed by atoms with van der Waals surface area (Å²) >= 11 is 7.27. The Balaban J connectivity index is 2.27. The monoisotopic (exact) mass is 342 g/mol. The van der Waals surface area contributed by atoms with Crippen molar-refractivity contribution in [3.63, 3.8) is 0 Å². The lowest BCUT2D eigenvalue weighted by molar-refractivity contribution is -0.146. The Morgan fingerprint density at radius 1 is 1.36 bits per heavy atom. The zero-order chi connectivity index (χ0) is 15.9. The Hall–Kier alpha value is -2.11. The maximum Gasteiger partial charge on any atom is 0.449 e. The van der Waals surface area contributed by atoms with Crippen LogP contribution in [-0.2, 0) is 12.7 Å². The van der Waals surface area contributed by atoms with Gasteiger partial charge in [-0.15, -0.1) is 11.3 Å². The van der Waals surface area contributed by atoms with E-state index in [2.05, 4.69) is 9.97 Å². The molecule has 22 heavy (non-hydrogen) atoms. The van der Waals surface area contributed by atoms with Crippen LogP contribution in [0, 0.1) is 11.3 Å². The molecule has 0 radical (unpaired) electrons. The van der Waals surface area contributed by atoms with E-state index < -0.39 is 12.0 Å². The molecule has 112 valence electrons. The number of halogens is 4. The molecule has 0 saturated carbocycles. The topological polar surface area (TPSA) is 54.5 Å². The molecule has 0 amide bonds. The van der Waals surface area contributed by atoms with Crippen LogP contribution in [0.2, 0.25) is 5.02 Å². The number of fused-ring (bicyclic) bond motifs is 1. The summed E-state index contributed by atoms with van der Waals surface area (Å²) in [7, 11) is 0. The van der Waals surface area contributed by atoms with Crippen LogP contribution in [0.3, 0.4) is 0 Å². The van der Waals surface area contributed by atoms with Crippen molar-refractivity contribution in [1.29, 1.82) is 5.26 Å². The van der Waals surface area contributed by atoms with E-state index in [9.17, 15) is 13.2 Å². The van der Waals surface area contributed by atoms with E-state index >= 15 is 0 Å². The fourth-order valence-electron chi connectivity index (χ4n) is 2.10. The van der Waals surface area contributed by atoms with E-state index in [1.54, 1.807) is 10.9 Å². The molecular formula is C13H6ClF3N4S. The van der Waals surface area contributed by atoms with Crippen LogP contribution in [0.15, 0.2) is 23.0 Å². The molecule has 0 bridgehead atoms. The van der Waals surface area contributed by atoms with Crippen molar-refractivity contribution in [3.8, 4) is 6.07 Å². The first-order valence-electron chi connectivity index (χ1n) is 5.95. The maximum absolute atomic E-state index is 13.2. The quantitative estimate of drug-likeness (QED) is 0.705. The molecule has 0 aliphatic carbocycles. The van der Waals surface area contributed by atoms with Crippen LogP contribution >= 0.6 is 22.9 Å². The number of aromatic nitrogens is 3. The van der Waals surface area contributed by atoms with Gasteiger partial charge in [-0.1, -0.05) is 11.6 Å². The lowest BCUT2D eigenvalue weighted by atomic mass is 10.2. The fraction of sp³-hybridized carbons (Fsp3) is 0.154. The third-order valence-corrected chi connectivity index (χ3v) is 4.05. The van der Waals surface area contributed by atoms with Crippen LogP contribution in [0.25, 0.3) is 11.0 Å². The number of hydrogen-bond donors (Lipinski definition) is 0. The fourth-order valence-corrected chi connectivity index (χ4v) is 2.89. The molecule has 9 heteroatoms. The van der Waals surface area contributed by atoms with E-state index in [0.29, 0.717) is 5.69 Å². The molecule has 2 heterocycles. The third-order valence-electron chi connectivity index (χ3n) is 3.04. The Morgan fingerprint density at radius 3 is 2.73 bits per heavy atom. The normalized spacial score (nSPS) is 11.8. The number of alkyl halides is 3. The number of rotatable bonds is 2. The van der Waals surface area contributed by atoms with Crippen LogP contribution < -0.4 is 0 Å². The van der Waals surface area contributed by atoms with Gasteiger partial charge in [-0.05, 0) is 12.1 Å². The highest BCUT2D eigenvalue weighted by Crippen LogP contribution is 2.35. The van der Waals surface area contributed by atoms with E-state index in [1.165, 1.54) is 23.5 Å². The summed E-state index contributed by atoms with van der Waals surface area (Å²) in [6.45, 7) is -0.0723. The number of thiazole rings is 1. The second-order valence-corrected chi connectivity index (χ2v) is 5.50. The molecule has 0 fully saturated rings. The summed E-state index contributed by atoms with van der Waals surface area (Å²) in [6.07, 6.45) is -4.63. The van der Waals surface area contributed by atoms with Gasteiger partial charge < -0.3 is 4.57 Å². The predicted molar refractivity (Wildman–Crippen MR) is 75.7 cm³/mol. The summed E-state index contributed by atoms with van der Waals surface area (Å²) in [5.74, 6) is -1.06. The number of imidazole rings is 1. The Bertz CT molecular complexity index is 877. The predicted octanol–water partition coefficient (Wildman–Crippen LogP) is 4.08. The molecule has 0 aliphatic rings. The molecule has 0 N–H and O–H groups in total. The standard InChI is InChI=1S/C13H6ClF3N4S/c14-10-7(3-18)1-2-9-11(10)20-12(13(15,16)17)21(9)4-8-5-22-6-19-8/h1-2,5-6H,4H2. The number of hydrogen-bond acceptors (Lipinski definition) is 4. The summed E-state index contributed by atoms with van der Waals surface area (Å²) in [5, 5.41) is 10.5. The zero-order valence-electron chi connectivity index (χ0n) is 10.7. The summed E-state index contributed by atoms with van der Waals surface area (Å²) in [4.78, 5) is 7.60. The van der Waals surface area contributed by atoms with Gasteiger partial charge in [-0.2, -0.15) is 18.4 Å². The third kappa shape index (κ3) is 2.42. The molecule has 0 atom stereocenters. The van der Waals surface area contributed by atoms with Gasteiger partial charge in [0, 0.05) is 5.38 Å². The number of nitriles is 1. The molecule has 3 aromatic rings. The molecule has 4 nitrogen and oxygen atoms in total.